The Labute approximate surface area is 122 Å². The summed E-state index contributed by atoms with van der Waals surface area (Å²) in [5.41, 5.74) is 1.34. The van der Waals surface area contributed by atoms with E-state index in [1.54, 1.807) is 12.1 Å². The van der Waals surface area contributed by atoms with Crippen LogP contribution in [0.4, 0.5) is 5.69 Å². The minimum Gasteiger partial charge on any atom is -0.503 e. The molecule has 0 spiro atoms. The first-order chi connectivity index (χ1) is 10.0. The Morgan fingerprint density at radius 2 is 1.86 bits per heavy atom. The van der Waals surface area contributed by atoms with E-state index in [1.807, 2.05) is 30.3 Å². The zero-order chi connectivity index (χ0) is 15.0. The van der Waals surface area contributed by atoms with Gasteiger partial charge in [0, 0.05) is 5.56 Å². The van der Waals surface area contributed by atoms with Crippen molar-refractivity contribution in [2.24, 2.45) is 0 Å². The van der Waals surface area contributed by atoms with Gasteiger partial charge in [-0.15, -0.1) is 0 Å². The van der Waals surface area contributed by atoms with Gasteiger partial charge in [-0.05, 0) is 23.8 Å². The number of nitrogens with one attached hydrogen (secondary N) is 1. The van der Waals surface area contributed by atoms with E-state index >= 15 is 0 Å². The molecule has 1 aliphatic rings. The fourth-order valence-electron chi connectivity index (χ4n) is 2.24. The molecule has 0 amide bonds. The zero-order valence-corrected chi connectivity index (χ0v) is 12.0. The van der Waals surface area contributed by atoms with Gasteiger partial charge in [-0.2, -0.15) is 0 Å². The van der Waals surface area contributed by atoms with Crippen molar-refractivity contribution in [1.82, 2.24) is 0 Å². The minimum atomic E-state index is -3.70. The third-order valence-electron chi connectivity index (χ3n) is 3.25. The van der Waals surface area contributed by atoms with Crippen molar-refractivity contribution in [2.75, 3.05) is 11.8 Å². The molecular formula is C15H13NO4S. The van der Waals surface area contributed by atoms with Crippen LogP contribution >= 0.6 is 0 Å². The molecule has 2 aromatic rings. The lowest BCUT2D eigenvalue weighted by Gasteiger charge is -2.06. The smallest absolute Gasteiger partial charge is 0.262 e. The first-order valence-corrected chi connectivity index (χ1v) is 7.71. The lowest BCUT2D eigenvalue weighted by atomic mass is 10.1. The van der Waals surface area contributed by atoms with Gasteiger partial charge >= 0.3 is 0 Å². The summed E-state index contributed by atoms with van der Waals surface area (Å²) < 4.78 is 31.8. The topological polar surface area (TPSA) is 75.6 Å². The molecule has 5 nitrogen and oxygen atoms in total. The molecule has 0 aliphatic carbocycles. The van der Waals surface area contributed by atoms with Crippen molar-refractivity contribution < 1.29 is 18.3 Å². The quantitative estimate of drug-likeness (QED) is 0.836. The van der Waals surface area contributed by atoms with Gasteiger partial charge in [0.25, 0.3) is 10.0 Å². The maximum absolute atomic E-state index is 12.2. The number of sulfonamides is 1. The molecule has 0 saturated carbocycles. The lowest BCUT2D eigenvalue weighted by molar-refractivity contribution is 0.375. The van der Waals surface area contributed by atoms with E-state index in [0.29, 0.717) is 5.56 Å². The second-order valence-electron chi connectivity index (χ2n) is 4.56. The van der Waals surface area contributed by atoms with Gasteiger partial charge in [0.2, 0.25) is 0 Å². The third kappa shape index (κ3) is 2.23. The van der Waals surface area contributed by atoms with Gasteiger partial charge in [-0.25, -0.2) is 8.42 Å². The van der Waals surface area contributed by atoms with E-state index < -0.39 is 10.0 Å². The first-order valence-electron chi connectivity index (χ1n) is 6.23. The number of aromatic hydroxyl groups is 1. The molecule has 1 heterocycles. The third-order valence-corrected chi connectivity index (χ3v) is 4.64. The van der Waals surface area contributed by atoms with Crippen molar-refractivity contribution in [3.8, 4) is 11.5 Å². The van der Waals surface area contributed by atoms with Crippen LogP contribution in [-0.2, 0) is 10.0 Å². The number of phenolic OH excluding ortho intramolecular Hbond substituents is 1. The van der Waals surface area contributed by atoms with E-state index in [9.17, 15) is 13.5 Å². The number of hydrogen-bond donors (Lipinski definition) is 2. The number of hydrogen-bond acceptors (Lipinski definition) is 4. The van der Waals surface area contributed by atoms with Crippen molar-refractivity contribution >= 4 is 26.7 Å². The van der Waals surface area contributed by atoms with Crippen LogP contribution in [-0.4, -0.2) is 20.6 Å². The van der Waals surface area contributed by atoms with E-state index in [1.165, 1.54) is 13.2 Å². The molecule has 6 heteroatoms. The predicted octanol–water partition coefficient (Wildman–Crippen LogP) is 2.65. The highest BCUT2D eigenvalue weighted by Gasteiger charge is 2.33. The molecular weight excluding hydrogens is 290 g/mol. The average Bonchev–Trinajstić information content (AvgIpc) is 2.73. The molecule has 0 fully saturated rings. The Kier molecular flexibility index (Phi) is 3.10. The van der Waals surface area contributed by atoms with E-state index in [0.717, 1.165) is 5.56 Å². The van der Waals surface area contributed by atoms with Gasteiger partial charge < -0.3 is 9.84 Å². The summed E-state index contributed by atoms with van der Waals surface area (Å²) in [5, 5.41) is 10.0. The fraction of sp³-hybridized carbons (Fsp3) is 0.0667. The van der Waals surface area contributed by atoms with Crippen LogP contribution in [0.25, 0.3) is 11.0 Å². The van der Waals surface area contributed by atoms with Crippen LogP contribution in [0.3, 0.4) is 0 Å². The summed E-state index contributed by atoms with van der Waals surface area (Å²) in [6, 6.07) is 12.3. The molecule has 0 aromatic heterocycles. The maximum atomic E-state index is 12.2. The zero-order valence-electron chi connectivity index (χ0n) is 11.2. The normalized spacial score (nSPS) is 17.3. The largest absolute Gasteiger partial charge is 0.503 e. The molecule has 2 aromatic carbocycles. The number of benzene rings is 2. The highest BCUT2D eigenvalue weighted by molar-refractivity contribution is 8.02. The average molecular weight is 303 g/mol. The Bertz CT molecular complexity index is 826. The second-order valence-corrected chi connectivity index (χ2v) is 6.21. The van der Waals surface area contributed by atoms with E-state index in [-0.39, 0.29) is 22.1 Å². The fourth-order valence-corrected chi connectivity index (χ4v) is 3.57. The summed E-state index contributed by atoms with van der Waals surface area (Å²) in [7, 11) is -2.29. The Morgan fingerprint density at radius 3 is 2.52 bits per heavy atom. The summed E-state index contributed by atoms with van der Waals surface area (Å²) in [5.74, 6) is 0.00690. The van der Waals surface area contributed by atoms with Crippen LogP contribution < -0.4 is 9.46 Å². The number of phenols is 1. The predicted molar refractivity (Wildman–Crippen MR) is 81.5 cm³/mol. The molecule has 3 rings (SSSR count). The minimum absolute atomic E-state index is 0.127. The second kappa shape index (κ2) is 4.82. The lowest BCUT2D eigenvalue weighted by Crippen LogP contribution is -2.05. The Hall–Kier alpha value is -2.47. The molecule has 108 valence electrons. The molecule has 0 unspecified atom stereocenters. The van der Waals surface area contributed by atoms with Crippen molar-refractivity contribution in [1.29, 1.82) is 0 Å². The monoisotopic (exact) mass is 303 g/mol. The highest BCUT2D eigenvalue weighted by atomic mass is 32.2. The molecule has 0 saturated heterocycles. The number of rotatable bonds is 2. The molecule has 0 bridgehead atoms. The molecule has 21 heavy (non-hydrogen) atoms. The molecule has 1 aliphatic heterocycles. The van der Waals surface area contributed by atoms with Crippen LogP contribution in [0, 0.1) is 0 Å². The summed E-state index contributed by atoms with van der Waals surface area (Å²) in [6.45, 7) is 0. The number of fused-ring (bicyclic) bond motifs is 1. The number of anilines is 1. The van der Waals surface area contributed by atoms with Gasteiger partial charge in [-0.1, -0.05) is 30.3 Å². The van der Waals surface area contributed by atoms with Crippen LogP contribution in [0.1, 0.15) is 11.1 Å². The van der Waals surface area contributed by atoms with Crippen LogP contribution in [0.5, 0.6) is 11.5 Å². The number of ether oxygens (including phenoxy) is 1. The van der Waals surface area contributed by atoms with Gasteiger partial charge in [0.15, 0.2) is 11.5 Å². The Morgan fingerprint density at radius 1 is 1.14 bits per heavy atom. The van der Waals surface area contributed by atoms with Gasteiger partial charge in [-0.3, -0.25) is 4.72 Å². The van der Waals surface area contributed by atoms with Gasteiger partial charge in [0.05, 0.1) is 12.0 Å². The van der Waals surface area contributed by atoms with E-state index in [2.05, 4.69) is 4.72 Å². The highest BCUT2D eigenvalue weighted by Crippen LogP contribution is 2.46. The maximum Gasteiger partial charge on any atom is 0.262 e. The first kappa shape index (κ1) is 13.5. The van der Waals surface area contributed by atoms with Crippen molar-refractivity contribution in [3.63, 3.8) is 0 Å². The summed E-state index contributed by atoms with van der Waals surface area (Å²) >= 11 is 0. The number of methoxy groups -OCH3 is 1. The van der Waals surface area contributed by atoms with Crippen LogP contribution in [0.2, 0.25) is 0 Å². The standard InChI is InChI=1S/C15H13NO4S/c1-20-12-8-7-11-13(9-10-5-3-2-4-6-10)21(18,19)16-14(11)15(12)17/h2-9,16-17H,1H3/b13-9+. The van der Waals surface area contributed by atoms with E-state index in [4.69, 9.17) is 4.74 Å². The molecule has 0 radical (unpaired) electrons. The SMILES string of the molecule is COc1ccc2c(c1O)NS(=O)(=O)/C2=C/c1ccccc1. The summed E-state index contributed by atoms with van der Waals surface area (Å²) in [4.78, 5) is 0.127. The van der Waals surface area contributed by atoms with Crippen molar-refractivity contribution in [2.45, 2.75) is 0 Å². The van der Waals surface area contributed by atoms with Crippen molar-refractivity contribution in [3.05, 3.63) is 53.6 Å². The Balaban J connectivity index is 2.21. The molecule has 0 atom stereocenters. The summed E-state index contributed by atoms with van der Waals surface area (Å²) in [6.07, 6.45) is 1.57. The van der Waals surface area contributed by atoms with Crippen LogP contribution in [0.15, 0.2) is 42.5 Å². The molecule has 2 N–H and O–H groups in total. The van der Waals surface area contributed by atoms with Gasteiger partial charge in [0.1, 0.15) is 5.69 Å².